The van der Waals surface area contributed by atoms with Gasteiger partial charge in [0.25, 0.3) is 0 Å². The summed E-state index contributed by atoms with van der Waals surface area (Å²) in [6.45, 7) is 0.300. The second-order valence-corrected chi connectivity index (χ2v) is 3.81. The molecule has 1 N–H and O–H groups in total. The van der Waals surface area contributed by atoms with Crippen LogP contribution in [0.5, 0.6) is 11.5 Å². The van der Waals surface area contributed by atoms with Crippen molar-refractivity contribution in [3.05, 3.63) is 23.3 Å². The van der Waals surface area contributed by atoms with Gasteiger partial charge in [0.1, 0.15) is 0 Å². The third kappa shape index (κ3) is 1.09. The number of hydrogen-bond acceptors (Lipinski definition) is 3. The van der Waals surface area contributed by atoms with Crippen LogP contribution in [0, 0.1) is 0 Å². The molecule has 1 unspecified atom stereocenters. The molecule has 0 saturated heterocycles. The maximum Gasteiger partial charge on any atom is 0.231 e. The topological polar surface area (TPSA) is 38.7 Å². The average molecular weight is 192 g/mol. The smallest absolute Gasteiger partial charge is 0.231 e. The fraction of sp³-hybridized carbons (Fsp3) is 0.455. The van der Waals surface area contributed by atoms with Crippen molar-refractivity contribution < 1.29 is 14.6 Å². The fourth-order valence-corrected chi connectivity index (χ4v) is 2.17. The van der Waals surface area contributed by atoms with E-state index in [0.717, 1.165) is 36.3 Å². The first-order valence-corrected chi connectivity index (χ1v) is 4.95. The van der Waals surface area contributed by atoms with E-state index in [9.17, 15) is 5.11 Å². The zero-order chi connectivity index (χ0) is 9.54. The lowest BCUT2D eigenvalue weighted by Crippen LogP contribution is -2.08. The van der Waals surface area contributed by atoms with Gasteiger partial charge in [-0.15, -0.1) is 0 Å². The molecule has 1 aliphatic carbocycles. The van der Waals surface area contributed by atoms with Crippen LogP contribution in [-0.2, 0) is 6.42 Å². The van der Waals surface area contributed by atoms with Crippen LogP contribution in [0.15, 0.2) is 12.1 Å². The maximum absolute atomic E-state index is 9.80. The number of rotatable bonds is 0. The standard InChI is InChI=1S/C11H12O3/c12-9-3-1-2-7-4-10-11(5-8(7)9)14-6-13-10/h4-5,9,12H,1-3,6H2. The Bertz CT molecular complexity index is 373. The Labute approximate surface area is 82.3 Å². The Hall–Kier alpha value is -1.22. The van der Waals surface area contributed by atoms with Crippen LogP contribution in [0.2, 0.25) is 0 Å². The molecule has 0 spiro atoms. The first-order valence-electron chi connectivity index (χ1n) is 4.95. The highest BCUT2D eigenvalue weighted by Crippen LogP contribution is 2.40. The second-order valence-electron chi connectivity index (χ2n) is 3.81. The summed E-state index contributed by atoms with van der Waals surface area (Å²) in [6, 6.07) is 3.92. The molecule has 3 nitrogen and oxygen atoms in total. The van der Waals surface area contributed by atoms with Crippen LogP contribution in [0.25, 0.3) is 0 Å². The van der Waals surface area contributed by atoms with Crippen molar-refractivity contribution >= 4 is 0 Å². The minimum Gasteiger partial charge on any atom is -0.454 e. The molecule has 1 aromatic carbocycles. The highest BCUT2D eigenvalue weighted by molar-refractivity contribution is 5.50. The molecule has 1 heterocycles. The number of benzene rings is 1. The van der Waals surface area contributed by atoms with Crippen LogP contribution in [0.1, 0.15) is 30.1 Å². The zero-order valence-electron chi connectivity index (χ0n) is 7.82. The number of hydrogen-bond donors (Lipinski definition) is 1. The summed E-state index contributed by atoms with van der Waals surface area (Å²) < 4.78 is 10.6. The Morgan fingerprint density at radius 1 is 1.21 bits per heavy atom. The molecular formula is C11H12O3. The summed E-state index contributed by atoms with van der Waals surface area (Å²) in [5.41, 5.74) is 2.22. The van der Waals surface area contributed by atoms with Gasteiger partial charge in [0.15, 0.2) is 11.5 Å². The van der Waals surface area contributed by atoms with E-state index in [1.54, 1.807) is 0 Å². The summed E-state index contributed by atoms with van der Waals surface area (Å²) in [4.78, 5) is 0. The van der Waals surface area contributed by atoms with Gasteiger partial charge in [-0.25, -0.2) is 0 Å². The van der Waals surface area contributed by atoms with Gasteiger partial charge in [0.2, 0.25) is 6.79 Å². The Balaban J connectivity index is 2.12. The summed E-state index contributed by atoms with van der Waals surface area (Å²) in [5, 5.41) is 9.80. The molecule has 0 bridgehead atoms. The fourth-order valence-electron chi connectivity index (χ4n) is 2.17. The van der Waals surface area contributed by atoms with Crippen LogP contribution in [0.3, 0.4) is 0 Å². The Kier molecular flexibility index (Phi) is 1.67. The lowest BCUT2D eigenvalue weighted by Gasteiger charge is -2.21. The lowest BCUT2D eigenvalue weighted by molar-refractivity contribution is 0.156. The number of aliphatic hydroxyl groups is 1. The highest BCUT2D eigenvalue weighted by Gasteiger charge is 2.23. The Morgan fingerprint density at radius 2 is 2.00 bits per heavy atom. The molecule has 2 aliphatic rings. The number of aliphatic hydroxyl groups excluding tert-OH is 1. The van der Waals surface area contributed by atoms with Gasteiger partial charge >= 0.3 is 0 Å². The van der Waals surface area contributed by atoms with Crippen molar-refractivity contribution in [1.29, 1.82) is 0 Å². The van der Waals surface area contributed by atoms with E-state index >= 15 is 0 Å². The first kappa shape index (κ1) is 8.12. The number of fused-ring (bicyclic) bond motifs is 2. The first-order chi connectivity index (χ1) is 6.84. The van der Waals surface area contributed by atoms with E-state index in [1.165, 1.54) is 5.56 Å². The minimum absolute atomic E-state index is 0.300. The highest BCUT2D eigenvalue weighted by atomic mass is 16.7. The normalized spacial score (nSPS) is 23.4. The van der Waals surface area contributed by atoms with E-state index in [4.69, 9.17) is 9.47 Å². The van der Waals surface area contributed by atoms with Gasteiger partial charge in [-0.05, 0) is 42.5 Å². The molecule has 1 atom stereocenters. The predicted molar refractivity (Wildman–Crippen MR) is 50.5 cm³/mol. The molecule has 0 fully saturated rings. The number of aryl methyl sites for hydroxylation is 1. The van der Waals surface area contributed by atoms with Gasteiger partial charge in [-0.1, -0.05) is 0 Å². The third-order valence-electron chi connectivity index (χ3n) is 2.92. The maximum atomic E-state index is 9.80. The molecule has 3 heteroatoms. The van der Waals surface area contributed by atoms with Crippen LogP contribution in [0.4, 0.5) is 0 Å². The van der Waals surface area contributed by atoms with Gasteiger partial charge in [0.05, 0.1) is 6.10 Å². The van der Waals surface area contributed by atoms with Crippen molar-refractivity contribution in [3.8, 4) is 11.5 Å². The number of ether oxygens (including phenoxy) is 2. The van der Waals surface area contributed by atoms with Gasteiger partial charge in [0, 0.05) is 0 Å². The van der Waals surface area contributed by atoms with Crippen LogP contribution >= 0.6 is 0 Å². The van der Waals surface area contributed by atoms with Gasteiger partial charge in [-0.3, -0.25) is 0 Å². The SMILES string of the molecule is OC1CCCc2cc3c(cc21)OCO3. The van der Waals surface area contributed by atoms with Crippen molar-refractivity contribution in [2.45, 2.75) is 25.4 Å². The van der Waals surface area contributed by atoms with Crippen LogP contribution < -0.4 is 9.47 Å². The lowest BCUT2D eigenvalue weighted by atomic mass is 9.89. The predicted octanol–water partition coefficient (Wildman–Crippen LogP) is 1.78. The molecule has 0 radical (unpaired) electrons. The summed E-state index contributed by atoms with van der Waals surface area (Å²) in [6.07, 6.45) is 2.61. The van der Waals surface area contributed by atoms with Crippen LogP contribution in [-0.4, -0.2) is 11.9 Å². The quantitative estimate of drug-likeness (QED) is 0.681. The third-order valence-corrected chi connectivity index (χ3v) is 2.92. The van der Waals surface area contributed by atoms with Crippen molar-refractivity contribution in [1.82, 2.24) is 0 Å². The van der Waals surface area contributed by atoms with Crippen molar-refractivity contribution in [2.75, 3.05) is 6.79 Å². The zero-order valence-corrected chi connectivity index (χ0v) is 7.82. The van der Waals surface area contributed by atoms with E-state index in [-0.39, 0.29) is 6.10 Å². The molecule has 1 aliphatic heterocycles. The van der Waals surface area contributed by atoms with Crippen molar-refractivity contribution in [2.24, 2.45) is 0 Å². The molecule has 0 aromatic heterocycles. The molecule has 0 saturated carbocycles. The molecular weight excluding hydrogens is 180 g/mol. The monoisotopic (exact) mass is 192 g/mol. The van der Waals surface area contributed by atoms with E-state index < -0.39 is 0 Å². The van der Waals surface area contributed by atoms with E-state index in [0.29, 0.717) is 6.79 Å². The summed E-state index contributed by atoms with van der Waals surface area (Å²) in [7, 11) is 0. The molecule has 0 amide bonds. The molecule has 1 aromatic rings. The van der Waals surface area contributed by atoms with Gasteiger partial charge in [-0.2, -0.15) is 0 Å². The van der Waals surface area contributed by atoms with Gasteiger partial charge < -0.3 is 14.6 Å². The average Bonchev–Trinajstić information content (AvgIpc) is 2.62. The largest absolute Gasteiger partial charge is 0.454 e. The Morgan fingerprint density at radius 3 is 2.86 bits per heavy atom. The van der Waals surface area contributed by atoms with E-state index in [1.807, 2.05) is 12.1 Å². The van der Waals surface area contributed by atoms with Crippen molar-refractivity contribution in [3.63, 3.8) is 0 Å². The molecule has 14 heavy (non-hydrogen) atoms. The minimum atomic E-state index is -0.326. The molecule has 3 rings (SSSR count). The van der Waals surface area contributed by atoms with E-state index in [2.05, 4.69) is 0 Å². The second kappa shape index (κ2) is 2.89. The summed E-state index contributed by atoms with van der Waals surface area (Å²) in [5.74, 6) is 1.59. The summed E-state index contributed by atoms with van der Waals surface area (Å²) >= 11 is 0. The molecule has 74 valence electrons.